The van der Waals surface area contributed by atoms with Crippen molar-refractivity contribution in [2.24, 2.45) is 11.3 Å². The number of carbonyl (C=O) groups is 2. The lowest BCUT2D eigenvalue weighted by atomic mass is 9.81. The number of carboxylic acid groups (broad SMARTS) is 1. The summed E-state index contributed by atoms with van der Waals surface area (Å²) < 4.78 is 1.11. The molecule has 1 amide bonds. The number of thiazole rings is 1. The van der Waals surface area contributed by atoms with Crippen molar-refractivity contribution in [3.05, 3.63) is 24.3 Å². The highest BCUT2D eigenvalue weighted by Gasteiger charge is 2.58. The van der Waals surface area contributed by atoms with Gasteiger partial charge in [0.05, 0.1) is 10.2 Å². The van der Waals surface area contributed by atoms with Crippen molar-refractivity contribution in [3.8, 4) is 0 Å². The van der Waals surface area contributed by atoms with E-state index in [0.29, 0.717) is 26.2 Å². The predicted octanol–water partition coefficient (Wildman–Crippen LogP) is 1.67. The predicted molar refractivity (Wildman–Crippen MR) is 87.6 cm³/mol. The quantitative estimate of drug-likeness (QED) is 0.906. The third-order valence-corrected chi connectivity index (χ3v) is 6.13. The van der Waals surface area contributed by atoms with Crippen LogP contribution in [0, 0.1) is 11.3 Å². The third kappa shape index (κ3) is 2.10. The van der Waals surface area contributed by atoms with Crippen molar-refractivity contribution in [3.63, 3.8) is 0 Å². The molecule has 3 heterocycles. The number of amides is 1. The average molecular weight is 331 g/mol. The van der Waals surface area contributed by atoms with Gasteiger partial charge in [-0.05, 0) is 12.1 Å². The highest BCUT2D eigenvalue weighted by Crippen LogP contribution is 2.45. The summed E-state index contributed by atoms with van der Waals surface area (Å²) in [5, 5.41) is 10.7. The molecule has 7 heteroatoms. The number of hydrogen-bond acceptors (Lipinski definition) is 5. The maximum absolute atomic E-state index is 11.9. The summed E-state index contributed by atoms with van der Waals surface area (Å²) in [4.78, 5) is 31.9. The molecule has 0 radical (unpaired) electrons. The van der Waals surface area contributed by atoms with Gasteiger partial charge in [0.2, 0.25) is 5.91 Å². The van der Waals surface area contributed by atoms with Gasteiger partial charge in [-0.15, -0.1) is 0 Å². The zero-order chi connectivity index (χ0) is 16.2. The fraction of sp³-hybridized carbons (Fsp3) is 0.438. The van der Waals surface area contributed by atoms with Gasteiger partial charge in [0.15, 0.2) is 5.13 Å². The Bertz CT molecular complexity index is 772. The summed E-state index contributed by atoms with van der Waals surface area (Å²) in [6, 6.07) is 7.93. The molecule has 2 atom stereocenters. The van der Waals surface area contributed by atoms with Crippen molar-refractivity contribution >= 4 is 38.6 Å². The van der Waals surface area contributed by atoms with Crippen LogP contribution in [0.2, 0.25) is 0 Å². The van der Waals surface area contributed by atoms with Crippen molar-refractivity contribution in [1.82, 2.24) is 9.88 Å². The first kappa shape index (κ1) is 14.4. The fourth-order valence-electron chi connectivity index (χ4n) is 3.75. The Morgan fingerprint density at radius 2 is 2.09 bits per heavy atom. The highest BCUT2D eigenvalue weighted by atomic mass is 32.1. The first-order valence-electron chi connectivity index (χ1n) is 7.59. The molecule has 1 N–H and O–H groups in total. The Hall–Kier alpha value is -2.15. The molecule has 6 nitrogen and oxygen atoms in total. The molecule has 23 heavy (non-hydrogen) atoms. The maximum Gasteiger partial charge on any atom is 0.313 e. The normalized spacial score (nSPS) is 26.7. The van der Waals surface area contributed by atoms with Crippen LogP contribution in [0.5, 0.6) is 0 Å². The second-order valence-corrected chi connectivity index (χ2v) is 7.41. The van der Waals surface area contributed by atoms with Crippen LogP contribution < -0.4 is 4.90 Å². The van der Waals surface area contributed by atoms with E-state index >= 15 is 0 Å². The molecule has 2 aliphatic rings. The van der Waals surface area contributed by atoms with Crippen LogP contribution in [0.4, 0.5) is 5.13 Å². The van der Waals surface area contributed by atoms with Crippen LogP contribution in [0.25, 0.3) is 10.2 Å². The average Bonchev–Trinajstić information content (AvgIpc) is 3.16. The van der Waals surface area contributed by atoms with Crippen LogP contribution in [0.15, 0.2) is 24.3 Å². The van der Waals surface area contributed by atoms with E-state index in [0.717, 1.165) is 15.3 Å². The van der Waals surface area contributed by atoms with Gasteiger partial charge in [0, 0.05) is 39.0 Å². The van der Waals surface area contributed by atoms with E-state index in [2.05, 4.69) is 9.88 Å². The number of anilines is 1. The van der Waals surface area contributed by atoms with Gasteiger partial charge >= 0.3 is 5.97 Å². The minimum Gasteiger partial charge on any atom is -0.481 e. The number of benzene rings is 1. The molecule has 0 bridgehead atoms. The molecule has 0 aliphatic carbocycles. The molecular formula is C16H17N3O3S. The number of carboxylic acids is 1. The number of carbonyl (C=O) groups excluding carboxylic acids is 1. The first-order chi connectivity index (χ1) is 11.0. The van der Waals surface area contributed by atoms with Crippen LogP contribution in [-0.2, 0) is 9.59 Å². The van der Waals surface area contributed by atoms with Gasteiger partial charge in [0.25, 0.3) is 0 Å². The number of para-hydroxylation sites is 1. The second kappa shape index (κ2) is 4.92. The summed E-state index contributed by atoms with van der Waals surface area (Å²) >= 11 is 1.59. The van der Waals surface area contributed by atoms with E-state index in [-0.39, 0.29) is 11.8 Å². The summed E-state index contributed by atoms with van der Waals surface area (Å²) in [5.41, 5.74) is 0.0723. The Labute approximate surface area is 137 Å². The van der Waals surface area contributed by atoms with E-state index in [1.165, 1.54) is 6.92 Å². The van der Waals surface area contributed by atoms with Crippen LogP contribution in [0.3, 0.4) is 0 Å². The van der Waals surface area contributed by atoms with Crippen molar-refractivity contribution in [1.29, 1.82) is 0 Å². The Balaban J connectivity index is 1.65. The molecule has 120 valence electrons. The molecule has 0 saturated carbocycles. The number of hydrogen-bond donors (Lipinski definition) is 1. The molecule has 0 spiro atoms. The molecule has 1 aromatic heterocycles. The molecular weight excluding hydrogens is 314 g/mol. The zero-order valence-electron chi connectivity index (χ0n) is 12.7. The SMILES string of the molecule is CC(=O)N1C[C@H]2CN(c3nc4ccccc4s3)C[C@@]2(C(=O)O)C1. The molecule has 4 rings (SSSR count). The molecule has 2 aromatic rings. The smallest absolute Gasteiger partial charge is 0.313 e. The first-order valence-corrected chi connectivity index (χ1v) is 8.41. The third-order valence-electron chi connectivity index (χ3n) is 5.03. The summed E-state index contributed by atoms with van der Waals surface area (Å²) in [7, 11) is 0. The van der Waals surface area contributed by atoms with E-state index in [9.17, 15) is 14.7 Å². The lowest BCUT2D eigenvalue weighted by Gasteiger charge is -2.24. The zero-order valence-corrected chi connectivity index (χ0v) is 13.5. The number of likely N-dealkylation sites (tertiary alicyclic amines) is 1. The van der Waals surface area contributed by atoms with Gasteiger partial charge in [-0.2, -0.15) is 0 Å². The van der Waals surface area contributed by atoms with Crippen LogP contribution >= 0.6 is 11.3 Å². The maximum atomic E-state index is 11.9. The lowest BCUT2D eigenvalue weighted by molar-refractivity contribution is -0.148. The molecule has 2 fully saturated rings. The minimum atomic E-state index is -0.872. The molecule has 1 aromatic carbocycles. The largest absolute Gasteiger partial charge is 0.481 e. The molecule has 2 saturated heterocycles. The number of fused-ring (bicyclic) bond motifs is 2. The van der Waals surface area contributed by atoms with E-state index < -0.39 is 11.4 Å². The van der Waals surface area contributed by atoms with Crippen LogP contribution in [-0.4, -0.2) is 53.0 Å². The van der Waals surface area contributed by atoms with E-state index in [4.69, 9.17) is 0 Å². The number of rotatable bonds is 2. The Morgan fingerprint density at radius 3 is 2.74 bits per heavy atom. The summed E-state index contributed by atoms with van der Waals surface area (Å²) in [6.07, 6.45) is 0. The summed E-state index contributed by atoms with van der Waals surface area (Å²) in [6.45, 7) is 3.36. The Morgan fingerprint density at radius 1 is 1.30 bits per heavy atom. The Kier molecular flexibility index (Phi) is 3.09. The molecule has 0 unspecified atom stereocenters. The van der Waals surface area contributed by atoms with Gasteiger partial charge in [0.1, 0.15) is 5.41 Å². The van der Waals surface area contributed by atoms with Crippen molar-refractivity contribution < 1.29 is 14.7 Å². The lowest BCUT2D eigenvalue weighted by Crippen LogP contribution is -2.41. The number of aliphatic carboxylic acids is 1. The van der Waals surface area contributed by atoms with Crippen molar-refractivity contribution in [2.75, 3.05) is 31.1 Å². The summed E-state index contributed by atoms with van der Waals surface area (Å²) in [5.74, 6) is -0.905. The number of aromatic nitrogens is 1. The molecule has 2 aliphatic heterocycles. The topological polar surface area (TPSA) is 73.7 Å². The van der Waals surface area contributed by atoms with Gasteiger partial charge in [-0.3, -0.25) is 9.59 Å². The van der Waals surface area contributed by atoms with Gasteiger partial charge in [-0.25, -0.2) is 4.98 Å². The van der Waals surface area contributed by atoms with Crippen molar-refractivity contribution in [2.45, 2.75) is 6.92 Å². The minimum absolute atomic E-state index is 0.0455. The van der Waals surface area contributed by atoms with E-state index in [1.807, 2.05) is 24.3 Å². The van der Waals surface area contributed by atoms with Gasteiger partial charge in [-0.1, -0.05) is 23.5 Å². The fourth-order valence-corrected chi connectivity index (χ4v) is 4.72. The number of nitrogens with zero attached hydrogens (tertiary/aromatic N) is 3. The standard InChI is InChI=1S/C16H17N3O3S/c1-10(20)18-6-11-7-19(9-16(11,8-18)14(21)22)15-17-12-4-2-3-5-13(12)23-15/h2-5,11H,6-9H2,1H3,(H,21,22)/t11-,16-/m0/s1. The highest BCUT2D eigenvalue weighted by molar-refractivity contribution is 7.22. The van der Waals surface area contributed by atoms with E-state index in [1.54, 1.807) is 16.2 Å². The monoisotopic (exact) mass is 331 g/mol. The second-order valence-electron chi connectivity index (χ2n) is 6.40. The van der Waals surface area contributed by atoms with Gasteiger partial charge < -0.3 is 14.9 Å². The van der Waals surface area contributed by atoms with Crippen LogP contribution in [0.1, 0.15) is 6.92 Å².